The number of fused-ring (bicyclic) bond motifs is 1. The summed E-state index contributed by atoms with van der Waals surface area (Å²) in [5.41, 5.74) is 2.68. The molecule has 0 radical (unpaired) electrons. The molecule has 4 rings (SSSR count). The summed E-state index contributed by atoms with van der Waals surface area (Å²) in [6.07, 6.45) is 2.18. The van der Waals surface area contributed by atoms with Crippen molar-refractivity contribution >= 4 is 16.5 Å². The molecule has 4 aromatic rings. The second-order valence-electron chi connectivity index (χ2n) is 6.83. The van der Waals surface area contributed by atoms with Gasteiger partial charge in [0.05, 0.1) is 17.7 Å². The van der Waals surface area contributed by atoms with E-state index in [0.29, 0.717) is 24.5 Å². The molecule has 0 amide bonds. The molecule has 150 valence electrons. The van der Waals surface area contributed by atoms with Crippen LogP contribution in [0.2, 0.25) is 0 Å². The van der Waals surface area contributed by atoms with E-state index in [9.17, 15) is 10.1 Å². The zero-order chi connectivity index (χ0) is 20.9. The van der Waals surface area contributed by atoms with Crippen molar-refractivity contribution in [3.05, 3.63) is 106 Å². The first kappa shape index (κ1) is 19.4. The van der Waals surface area contributed by atoms with Gasteiger partial charge in [0, 0.05) is 30.1 Å². The molecule has 0 aliphatic carbocycles. The van der Waals surface area contributed by atoms with Gasteiger partial charge in [-0.1, -0.05) is 48.5 Å². The highest BCUT2D eigenvalue weighted by Gasteiger charge is 2.16. The van der Waals surface area contributed by atoms with Gasteiger partial charge in [-0.2, -0.15) is 0 Å². The lowest BCUT2D eigenvalue weighted by atomic mass is 10.0. The van der Waals surface area contributed by atoms with Crippen molar-refractivity contribution in [2.24, 2.45) is 0 Å². The second-order valence-corrected chi connectivity index (χ2v) is 6.83. The van der Waals surface area contributed by atoms with E-state index in [2.05, 4.69) is 4.98 Å². The van der Waals surface area contributed by atoms with Gasteiger partial charge in [0.25, 0.3) is 5.69 Å². The summed E-state index contributed by atoms with van der Waals surface area (Å²) in [7, 11) is 1.60. The minimum absolute atomic E-state index is 0.0610. The number of methoxy groups -OCH3 is 1. The Labute approximate surface area is 173 Å². The van der Waals surface area contributed by atoms with Gasteiger partial charge in [0.1, 0.15) is 6.61 Å². The lowest BCUT2D eigenvalue weighted by molar-refractivity contribution is -0.384. The van der Waals surface area contributed by atoms with Crippen LogP contribution in [-0.4, -0.2) is 17.0 Å². The van der Waals surface area contributed by atoms with E-state index in [-0.39, 0.29) is 5.69 Å². The van der Waals surface area contributed by atoms with Crippen LogP contribution in [0, 0.1) is 10.1 Å². The normalized spacial score (nSPS) is 10.7. The Hall–Kier alpha value is -3.93. The number of hydrogen-bond acceptors (Lipinski definition) is 5. The number of non-ortho nitro benzene ring substituents is 1. The standard InChI is InChI=1S/C24H20N2O4/c1-29-22-11-10-19-12-13-25-21(15-18-8-5-9-20(14-18)26(27)28)23(19)24(22)30-16-17-6-3-2-4-7-17/h2-14H,15-16H2,1H3. The minimum atomic E-state index is -0.391. The Morgan fingerprint density at radius 3 is 2.53 bits per heavy atom. The third kappa shape index (κ3) is 4.07. The maximum Gasteiger partial charge on any atom is 0.269 e. The van der Waals surface area contributed by atoms with Gasteiger partial charge in [-0.25, -0.2) is 0 Å². The molecule has 30 heavy (non-hydrogen) atoms. The lowest BCUT2D eigenvalue weighted by Crippen LogP contribution is -2.02. The van der Waals surface area contributed by atoms with Crippen LogP contribution in [0.25, 0.3) is 10.8 Å². The first-order valence-electron chi connectivity index (χ1n) is 9.50. The van der Waals surface area contributed by atoms with Crippen LogP contribution in [0.3, 0.4) is 0 Å². The Bertz CT molecular complexity index is 1190. The van der Waals surface area contributed by atoms with Crippen molar-refractivity contribution in [3.63, 3.8) is 0 Å². The monoisotopic (exact) mass is 400 g/mol. The lowest BCUT2D eigenvalue weighted by Gasteiger charge is -2.16. The van der Waals surface area contributed by atoms with Crippen molar-refractivity contribution in [2.75, 3.05) is 7.11 Å². The molecule has 1 heterocycles. The van der Waals surface area contributed by atoms with Gasteiger partial charge in [-0.3, -0.25) is 15.1 Å². The van der Waals surface area contributed by atoms with Crippen molar-refractivity contribution in [3.8, 4) is 11.5 Å². The number of rotatable bonds is 7. The Balaban J connectivity index is 1.76. The van der Waals surface area contributed by atoms with Gasteiger partial charge in [-0.15, -0.1) is 0 Å². The number of benzene rings is 3. The molecule has 0 saturated heterocycles. The number of nitro benzene ring substituents is 1. The van der Waals surface area contributed by atoms with E-state index in [0.717, 1.165) is 27.6 Å². The van der Waals surface area contributed by atoms with Gasteiger partial charge in [0.15, 0.2) is 11.5 Å². The van der Waals surface area contributed by atoms with Crippen LogP contribution in [0.4, 0.5) is 5.69 Å². The zero-order valence-corrected chi connectivity index (χ0v) is 16.4. The molecule has 6 heteroatoms. The molecule has 3 aromatic carbocycles. The minimum Gasteiger partial charge on any atom is -0.493 e. The third-order valence-electron chi connectivity index (χ3n) is 4.87. The Morgan fingerprint density at radius 2 is 1.77 bits per heavy atom. The average molecular weight is 400 g/mol. The predicted octanol–water partition coefficient (Wildman–Crippen LogP) is 5.32. The number of nitrogens with zero attached hydrogens (tertiary/aromatic N) is 2. The van der Waals surface area contributed by atoms with Crippen LogP contribution in [0.1, 0.15) is 16.8 Å². The quantitative estimate of drug-likeness (QED) is 0.310. The molecule has 1 aromatic heterocycles. The molecule has 0 atom stereocenters. The van der Waals surface area contributed by atoms with E-state index >= 15 is 0 Å². The molecule has 0 bridgehead atoms. The van der Waals surface area contributed by atoms with E-state index in [4.69, 9.17) is 9.47 Å². The summed E-state index contributed by atoms with van der Waals surface area (Å²) in [6.45, 7) is 0.390. The zero-order valence-electron chi connectivity index (χ0n) is 16.4. The van der Waals surface area contributed by atoms with Crippen LogP contribution in [0.15, 0.2) is 79.0 Å². The fourth-order valence-corrected chi connectivity index (χ4v) is 3.43. The summed E-state index contributed by atoms with van der Waals surface area (Å²) in [4.78, 5) is 15.3. The van der Waals surface area contributed by atoms with Gasteiger partial charge < -0.3 is 9.47 Å². The van der Waals surface area contributed by atoms with Crippen molar-refractivity contribution in [1.29, 1.82) is 0 Å². The number of nitro groups is 1. The van der Waals surface area contributed by atoms with Crippen LogP contribution in [-0.2, 0) is 13.0 Å². The maximum absolute atomic E-state index is 11.1. The molecule has 0 unspecified atom stereocenters. The number of ether oxygens (including phenoxy) is 2. The maximum atomic E-state index is 11.1. The van der Waals surface area contributed by atoms with Crippen molar-refractivity contribution in [1.82, 2.24) is 4.98 Å². The van der Waals surface area contributed by atoms with Crippen molar-refractivity contribution in [2.45, 2.75) is 13.0 Å². The molecule has 0 spiro atoms. The Morgan fingerprint density at radius 1 is 0.967 bits per heavy atom. The molecule has 0 fully saturated rings. The van der Waals surface area contributed by atoms with Crippen LogP contribution < -0.4 is 9.47 Å². The predicted molar refractivity (Wildman–Crippen MR) is 115 cm³/mol. The summed E-state index contributed by atoms with van der Waals surface area (Å²) >= 11 is 0. The number of aromatic nitrogens is 1. The van der Waals surface area contributed by atoms with Crippen LogP contribution >= 0.6 is 0 Å². The van der Waals surface area contributed by atoms with Crippen LogP contribution in [0.5, 0.6) is 11.5 Å². The third-order valence-corrected chi connectivity index (χ3v) is 4.87. The van der Waals surface area contributed by atoms with E-state index in [1.165, 1.54) is 6.07 Å². The SMILES string of the molecule is COc1ccc2ccnc(Cc3cccc([N+](=O)[O-])c3)c2c1OCc1ccccc1. The molecular weight excluding hydrogens is 380 g/mol. The molecule has 0 saturated carbocycles. The van der Waals surface area contributed by atoms with Gasteiger partial charge >= 0.3 is 0 Å². The number of hydrogen-bond donors (Lipinski definition) is 0. The summed E-state index contributed by atoms with van der Waals surface area (Å²) in [5.74, 6) is 1.24. The van der Waals surface area contributed by atoms with E-state index < -0.39 is 4.92 Å². The topological polar surface area (TPSA) is 74.5 Å². The number of pyridine rings is 1. The van der Waals surface area contributed by atoms with E-state index in [1.54, 1.807) is 25.4 Å². The molecule has 0 N–H and O–H groups in total. The summed E-state index contributed by atoms with van der Waals surface area (Å²) < 4.78 is 11.8. The second kappa shape index (κ2) is 8.61. The molecule has 6 nitrogen and oxygen atoms in total. The average Bonchev–Trinajstić information content (AvgIpc) is 2.78. The molecule has 0 aliphatic rings. The van der Waals surface area contributed by atoms with Gasteiger partial charge in [-0.05, 0) is 28.6 Å². The molecule has 0 aliphatic heterocycles. The van der Waals surface area contributed by atoms with Gasteiger partial charge in [0.2, 0.25) is 0 Å². The highest BCUT2D eigenvalue weighted by molar-refractivity contribution is 5.92. The summed E-state index contributed by atoms with van der Waals surface area (Å²) in [5, 5.41) is 12.9. The fraction of sp³-hybridized carbons (Fsp3) is 0.125. The smallest absolute Gasteiger partial charge is 0.269 e. The highest BCUT2D eigenvalue weighted by Crippen LogP contribution is 2.38. The first-order chi connectivity index (χ1) is 14.7. The fourth-order valence-electron chi connectivity index (χ4n) is 3.43. The highest BCUT2D eigenvalue weighted by atomic mass is 16.6. The summed E-state index contributed by atoms with van der Waals surface area (Å²) in [6, 6.07) is 22.3. The Kier molecular flexibility index (Phi) is 5.57. The largest absolute Gasteiger partial charge is 0.493 e. The van der Waals surface area contributed by atoms with Crippen molar-refractivity contribution < 1.29 is 14.4 Å². The first-order valence-corrected chi connectivity index (χ1v) is 9.50. The van der Waals surface area contributed by atoms with E-state index in [1.807, 2.05) is 54.6 Å². The molecular formula is C24H20N2O4.